The number of nitriles is 1. The van der Waals surface area contributed by atoms with E-state index >= 15 is 0 Å². The van der Waals surface area contributed by atoms with E-state index in [1.807, 2.05) is 12.1 Å². The highest BCUT2D eigenvalue weighted by molar-refractivity contribution is 7.88. The van der Waals surface area contributed by atoms with Crippen molar-refractivity contribution >= 4 is 21.7 Å². The van der Waals surface area contributed by atoms with Gasteiger partial charge in [-0.25, -0.2) is 22.5 Å². The fourth-order valence-electron chi connectivity index (χ4n) is 4.14. The molecule has 8 nitrogen and oxygen atoms in total. The number of sulfonamides is 1. The molecule has 1 aromatic heterocycles. The Bertz CT molecular complexity index is 1400. The highest BCUT2D eigenvalue weighted by Crippen LogP contribution is 2.28. The van der Waals surface area contributed by atoms with Crippen LogP contribution >= 0.6 is 0 Å². The van der Waals surface area contributed by atoms with Crippen molar-refractivity contribution in [2.45, 2.75) is 31.7 Å². The van der Waals surface area contributed by atoms with Gasteiger partial charge in [-0.3, -0.25) is 4.79 Å². The summed E-state index contributed by atoms with van der Waals surface area (Å²) < 4.78 is 40.1. The van der Waals surface area contributed by atoms with Crippen molar-refractivity contribution in [3.8, 4) is 17.3 Å². The van der Waals surface area contributed by atoms with Crippen molar-refractivity contribution < 1.29 is 17.6 Å². The minimum Gasteiger partial charge on any atom is -0.370 e. The van der Waals surface area contributed by atoms with E-state index in [0.717, 1.165) is 11.8 Å². The minimum absolute atomic E-state index is 0.123. The van der Waals surface area contributed by atoms with E-state index in [2.05, 4.69) is 16.1 Å². The number of nitrogens with one attached hydrogen (secondary N) is 2. The Kier molecular flexibility index (Phi) is 8.40. The maximum atomic E-state index is 13.6. The van der Waals surface area contributed by atoms with E-state index in [9.17, 15) is 22.9 Å². The monoisotopic (exact) mass is 509 g/mol. The van der Waals surface area contributed by atoms with Crippen molar-refractivity contribution in [3.05, 3.63) is 83.2 Å². The molecule has 1 unspecified atom stereocenters. The number of nitrogens with two attached hydrogens (primary N) is 1. The quantitative estimate of drug-likeness (QED) is 0.363. The van der Waals surface area contributed by atoms with Crippen LogP contribution in [0.4, 0.5) is 10.2 Å². The Hall–Kier alpha value is -3.81. The standard InChI is InChI=1S/C26H28FN5O3S/c1-26(16-24(29)33,32-36(2,34)35)15-19-10-11-23(22-9-4-3-7-20(22)17-28)31-25(19)30-13-12-18-6-5-8-21(27)14-18/h3-11,14,32H,12-13,15-16H2,1-2H3,(H2,29,33)(H,30,31). The maximum absolute atomic E-state index is 13.6. The number of carbonyl (C=O) groups excluding carboxylic acids is 1. The van der Waals surface area contributed by atoms with E-state index < -0.39 is 21.5 Å². The lowest BCUT2D eigenvalue weighted by atomic mass is 9.90. The van der Waals surface area contributed by atoms with Crippen molar-refractivity contribution in [2.75, 3.05) is 18.1 Å². The molecule has 1 atom stereocenters. The second-order valence-electron chi connectivity index (χ2n) is 8.92. The predicted molar refractivity (Wildman–Crippen MR) is 137 cm³/mol. The normalized spacial score (nSPS) is 12.9. The van der Waals surface area contributed by atoms with Crippen LogP contribution in [0.25, 0.3) is 11.3 Å². The van der Waals surface area contributed by atoms with Crippen LogP contribution in [0.5, 0.6) is 0 Å². The molecular formula is C26H28FN5O3S. The van der Waals surface area contributed by atoms with Gasteiger partial charge in [-0.2, -0.15) is 5.26 Å². The maximum Gasteiger partial charge on any atom is 0.219 e. The number of hydrogen-bond donors (Lipinski definition) is 3. The molecule has 188 valence electrons. The summed E-state index contributed by atoms with van der Waals surface area (Å²) in [6, 6.07) is 19.0. The number of amides is 1. The molecule has 0 radical (unpaired) electrons. The van der Waals surface area contributed by atoms with Gasteiger partial charge in [-0.05, 0) is 55.2 Å². The van der Waals surface area contributed by atoms with Crippen LogP contribution in [0.15, 0.2) is 60.7 Å². The first-order chi connectivity index (χ1) is 17.0. The number of nitrogens with zero attached hydrogens (tertiary/aromatic N) is 2. The summed E-state index contributed by atoms with van der Waals surface area (Å²) in [5.41, 5.74) is 7.33. The summed E-state index contributed by atoms with van der Waals surface area (Å²) >= 11 is 0. The van der Waals surface area contributed by atoms with Crippen LogP contribution in [-0.2, 0) is 27.7 Å². The largest absolute Gasteiger partial charge is 0.370 e. The van der Waals surface area contributed by atoms with Crippen LogP contribution in [-0.4, -0.2) is 37.6 Å². The number of halogens is 1. The number of benzene rings is 2. The summed E-state index contributed by atoms with van der Waals surface area (Å²) in [6.45, 7) is 2.02. The van der Waals surface area contributed by atoms with Gasteiger partial charge in [0.15, 0.2) is 0 Å². The minimum atomic E-state index is -3.65. The summed E-state index contributed by atoms with van der Waals surface area (Å²) in [7, 11) is -3.65. The number of aromatic nitrogens is 1. The molecule has 0 fully saturated rings. The first kappa shape index (κ1) is 26.8. The zero-order chi connectivity index (χ0) is 26.3. The Morgan fingerprint density at radius 1 is 1.17 bits per heavy atom. The van der Waals surface area contributed by atoms with Gasteiger partial charge in [0, 0.05) is 24.1 Å². The van der Waals surface area contributed by atoms with E-state index in [4.69, 9.17) is 10.7 Å². The van der Waals surface area contributed by atoms with Gasteiger partial charge >= 0.3 is 0 Å². The molecule has 0 saturated carbocycles. The van der Waals surface area contributed by atoms with Crippen LogP contribution in [0.3, 0.4) is 0 Å². The van der Waals surface area contributed by atoms with E-state index in [-0.39, 0.29) is 18.7 Å². The predicted octanol–water partition coefficient (Wildman–Crippen LogP) is 3.14. The first-order valence-electron chi connectivity index (χ1n) is 11.2. The summed E-state index contributed by atoms with van der Waals surface area (Å²) in [5.74, 6) is -0.514. The molecule has 10 heteroatoms. The highest BCUT2D eigenvalue weighted by Gasteiger charge is 2.31. The van der Waals surface area contributed by atoms with Gasteiger partial charge in [0.25, 0.3) is 0 Å². The summed E-state index contributed by atoms with van der Waals surface area (Å²) in [4.78, 5) is 16.5. The number of rotatable bonds is 11. The van der Waals surface area contributed by atoms with Crippen molar-refractivity contribution in [1.82, 2.24) is 9.71 Å². The van der Waals surface area contributed by atoms with Crippen LogP contribution in [0.2, 0.25) is 0 Å². The molecule has 3 aromatic rings. The molecule has 4 N–H and O–H groups in total. The molecular weight excluding hydrogens is 481 g/mol. The first-order valence-corrected chi connectivity index (χ1v) is 13.1. The topological polar surface area (TPSA) is 138 Å². The highest BCUT2D eigenvalue weighted by atomic mass is 32.2. The second kappa shape index (κ2) is 11.3. The lowest BCUT2D eigenvalue weighted by Gasteiger charge is -2.29. The number of anilines is 1. The van der Waals surface area contributed by atoms with Gasteiger partial charge in [0.05, 0.1) is 23.6 Å². The molecule has 3 rings (SSSR count). The zero-order valence-corrected chi connectivity index (χ0v) is 20.9. The Labute approximate surface area is 210 Å². The van der Waals surface area contributed by atoms with Crippen molar-refractivity contribution in [1.29, 1.82) is 5.26 Å². The average molecular weight is 510 g/mol. The Morgan fingerprint density at radius 3 is 2.58 bits per heavy atom. The van der Waals surface area contributed by atoms with Gasteiger partial charge in [-0.1, -0.05) is 36.4 Å². The van der Waals surface area contributed by atoms with E-state index in [1.54, 1.807) is 43.3 Å². The second-order valence-corrected chi connectivity index (χ2v) is 10.7. The molecule has 0 aliphatic heterocycles. The van der Waals surface area contributed by atoms with Gasteiger partial charge in [-0.15, -0.1) is 0 Å². The molecule has 1 amide bonds. The van der Waals surface area contributed by atoms with Crippen molar-refractivity contribution in [3.63, 3.8) is 0 Å². The van der Waals surface area contributed by atoms with E-state index in [1.165, 1.54) is 12.1 Å². The number of primary amides is 1. The average Bonchev–Trinajstić information content (AvgIpc) is 2.78. The Balaban J connectivity index is 1.98. The van der Waals surface area contributed by atoms with Crippen LogP contribution < -0.4 is 15.8 Å². The third-order valence-corrected chi connectivity index (χ3v) is 6.34. The number of carbonyl (C=O) groups is 1. The van der Waals surface area contributed by atoms with Gasteiger partial charge in [0.2, 0.25) is 15.9 Å². The molecule has 0 spiro atoms. The van der Waals surface area contributed by atoms with Crippen LogP contribution in [0.1, 0.15) is 30.0 Å². The third kappa shape index (κ3) is 7.60. The van der Waals surface area contributed by atoms with Gasteiger partial charge < -0.3 is 11.1 Å². The number of pyridine rings is 1. The zero-order valence-electron chi connectivity index (χ0n) is 20.1. The summed E-state index contributed by atoms with van der Waals surface area (Å²) in [6.07, 6.45) is 1.43. The van der Waals surface area contributed by atoms with Crippen molar-refractivity contribution in [2.24, 2.45) is 5.73 Å². The lowest BCUT2D eigenvalue weighted by Crippen LogP contribution is -2.49. The molecule has 0 aliphatic carbocycles. The number of hydrogen-bond acceptors (Lipinski definition) is 6. The SMILES string of the molecule is CC(CC(N)=O)(Cc1ccc(-c2ccccc2C#N)nc1NCCc1cccc(F)c1)NS(C)(=O)=O. The third-order valence-electron chi connectivity index (χ3n) is 5.47. The molecule has 1 heterocycles. The molecule has 0 saturated heterocycles. The molecule has 36 heavy (non-hydrogen) atoms. The Morgan fingerprint density at radius 2 is 1.92 bits per heavy atom. The fourth-order valence-corrected chi connectivity index (χ4v) is 5.18. The summed E-state index contributed by atoms with van der Waals surface area (Å²) in [5, 5.41) is 12.8. The fraction of sp³-hybridized carbons (Fsp3) is 0.269. The molecule has 2 aromatic carbocycles. The lowest BCUT2D eigenvalue weighted by molar-refractivity contribution is -0.119. The van der Waals surface area contributed by atoms with Crippen LogP contribution in [0, 0.1) is 17.1 Å². The molecule has 0 bridgehead atoms. The van der Waals surface area contributed by atoms with E-state index in [0.29, 0.717) is 41.2 Å². The molecule has 0 aliphatic rings. The smallest absolute Gasteiger partial charge is 0.219 e. The van der Waals surface area contributed by atoms with Gasteiger partial charge in [0.1, 0.15) is 11.6 Å².